The summed E-state index contributed by atoms with van der Waals surface area (Å²) in [6.07, 6.45) is -1.87. The Morgan fingerprint density at radius 1 is 1.00 bits per heavy atom. The van der Waals surface area contributed by atoms with Gasteiger partial charge in [-0.1, -0.05) is 12.1 Å². The standard InChI is InChI=1S/C24H28F3NOS/c1-23(2)14-21(19-7-5-17(30)13-22(19)29-23)18-6-4-16(24(25,26)27)12-20(18)15-8-10-28(3)11-9-15/h4-7,12-13,15,21,30H,8-11,14H2,1-3H3. The quantitative estimate of drug-likeness (QED) is 0.541. The van der Waals surface area contributed by atoms with Crippen molar-refractivity contribution in [1.82, 2.24) is 4.90 Å². The summed E-state index contributed by atoms with van der Waals surface area (Å²) in [5.74, 6) is 0.907. The Balaban J connectivity index is 1.84. The van der Waals surface area contributed by atoms with E-state index in [2.05, 4.69) is 24.6 Å². The fourth-order valence-corrected chi connectivity index (χ4v) is 5.05. The minimum absolute atomic E-state index is 0.00498. The van der Waals surface area contributed by atoms with Crippen LogP contribution >= 0.6 is 12.6 Å². The van der Waals surface area contributed by atoms with Crippen LogP contribution in [0.2, 0.25) is 0 Å². The maximum Gasteiger partial charge on any atom is 0.416 e. The summed E-state index contributed by atoms with van der Waals surface area (Å²) in [4.78, 5) is 3.05. The lowest BCUT2D eigenvalue weighted by molar-refractivity contribution is -0.137. The number of hydrogen-bond acceptors (Lipinski definition) is 3. The minimum atomic E-state index is -4.34. The number of benzene rings is 2. The van der Waals surface area contributed by atoms with Crippen molar-refractivity contribution in [3.63, 3.8) is 0 Å². The van der Waals surface area contributed by atoms with Crippen LogP contribution in [0.5, 0.6) is 5.75 Å². The van der Waals surface area contributed by atoms with E-state index in [0.29, 0.717) is 0 Å². The molecule has 0 N–H and O–H groups in total. The first-order valence-corrected chi connectivity index (χ1v) is 10.9. The molecule has 0 spiro atoms. The van der Waals surface area contributed by atoms with Crippen molar-refractivity contribution in [3.05, 3.63) is 58.7 Å². The minimum Gasteiger partial charge on any atom is -0.487 e. The molecule has 1 fully saturated rings. The van der Waals surface area contributed by atoms with E-state index in [1.165, 1.54) is 12.1 Å². The molecule has 0 amide bonds. The molecule has 0 saturated carbocycles. The topological polar surface area (TPSA) is 12.5 Å². The SMILES string of the molecule is CN1CCC(c2cc(C(F)(F)F)ccc2C2CC(C)(C)Oc3cc(S)ccc32)CC1. The third-order valence-corrected chi connectivity index (χ3v) is 6.68. The monoisotopic (exact) mass is 435 g/mol. The molecule has 162 valence electrons. The second-order valence-electron chi connectivity index (χ2n) is 9.26. The van der Waals surface area contributed by atoms with Gasteiger partial charge in [0.2, 0.25) is 0 Å². The Morgan fingerprint density at radius 3 is 2.33 bits per heavy atom. The third-order valence-electron chi connectivity index (χ3n) is 6.40. The second-order valence-corrected chi connectivity index (χ2v) is 9.78. The zero-order chi connectivity index (χ0) is 21.7. The number of likely N-dealkylation sites (tertiary alicyclic amines) is 1. The maximum absolute atomic E-state index is 13.5. The van der Waals surface area contributed by atoms with Gasteiger partial charge in [0.25, 0.3) is 0 Å². The van der Waals surface area contributed by atoms with E-state index in [0.717, 1.165) is 59.7 Å². The molecule has 0 aromatic heterocycles. The van der Waals surface area contributed by atoms with Crippen molar-refractivity contribution in [1.29, 1.82) is 0 Å². The van der Waals surface area contributed by atoms with Gasteiger partial charge < -0.3 is 9.64 Å². The summed E-state index contributed by atoms with van der Waals surface area (Å²) in [6.45, 7) is 5.87. The van der Waals surface area contributed by atoms with Gasteiger partial charge >= 0.3 is 6.18 Å². The van der Waals surface area contributed by atoms with Crippen LogP contribution in [0.3, 0.4) is 0 Å². The van der Waals surface area contributed by atoms with E-state index in [4.69, 9.17) is 4.74 Å². The largest absolute Gasteiger partial charge is 0.487 e. The van der Waals surface area contributed by atoms with Gasteiger partial charge in [0.05, 0.1) is 5.56 Å². The van der Waals surface area contributed by atoms with Crippen LogP contribution in [0.15, 0.2) is 41.3 Å². The summed E-state index contributed by atoms with van der Waals surface area (Å²) in [7, 11) is 2.07. The summed E-state index contributed by atoms with van der Waals surface area (Å²) < 4.78 is 46.8. The number of hydrogen-bond donors (Lipinski definition) is 1. The highest BCUT2D eigenvalue weighted by molar-refractivity contribution is 7.80. The van der Waals surface area contributed by atoms with Gasteiger partial charge in [0.1, 0.15) is 11.4 Å². The van der Waals surface area contributed by atoms with Gasteiger partial charge in [-0.25, -0.2) is 0 Å². The van der Waals surface area contributed by atoms with Crippen molar-refractivity contribution in [2.75, 3.05) is 20.1 Å². The molecular weight excluding hydrogens is 407 g/mol. The molecule has 30 heavy (non-hydrogen) atoms. The molecule has 0 bridgehead atoms. The van der Waals surface area contributed by atoms with Crippen LogP contribution in [-0.4, -0.2) is 30.6 Å². The molecule has 2 heterocycles. The number of ether oxygens (including phenoxy) is 1. The average Bonchev–Trinajstić information content (AvgIpc) is 2.66. The highest BCUT2D eigenvalue weighted by Gasteiger charge is 2.38. The molecule has 1 unspecified atom stereocenters. The molecule has 2 aromatic carbocycles. The molecule has 4 rings (SSSR count). The second kappa shape index (κ2) is 7.79. The van der Waals surface area contributed by atoms with Crippen molar-refractivity contribution in [2.24, 2.45) is 0 Å². The first-order chi connectivity index (χ1) is 14.0. The Morgan fingerprint density at radius 2 is 1.67 bits per heavy atom. The summed E-state index contributed by atoms with van der Waals surface area (Å²) in [6, 6.07) is 10.2. The average molecular weight is 436 g/mol. The van der Waals surface area contributed by atoms with Crippen LogP contribution in [0, 0.1) is 0 Å². The molecule has 1 saturated heterocycles. The molecule has 1 atom stereocenters. The molecule has 2 aromatic rings. The highest BCUT2D eigenvalue weighted by atomic mass is 32.1. The summed E-state index contributed by atoms with van der Waals surface area (Å²) in [5, 5.41) is 0. The fraction of sp³-hybridized carbons (Fsp3) is 0.500. The summed E-state index contributed by atoms with van der Waals surface area (Å²) in [5.41, 5.74) is 1.91. The van der Waals surface area contributed by atoms with E-state index in [1.807, 2.05) is 32.0 Å². The number of fused-ring (bicyclic) bond motifs is 1. The number of piperidine rings is 1. The smallest absolute Gasteiger partial charge is 0.416 e. The van der Waals surface area contributed by atoms with E-state index in [-0.39, 0.29) is 11.8 Å². The molecule has 2 aliphatic rings. The number of alkyl halides is 3. The first kappa shape index (κ1) is 21.6. The molecule has 2 aliphatic heterocycles. The molecular formula is C24H28F3NOS. The van der Waals surface area contributed by atoms with Gasteiger partial charge in [0.15, 0.2) is 0 Å². The fourth-order valence-electron chi connectivity index (χ4n) is 4.86. The molecule has 6 heteroatoms. The predicted octanol–water partition coefficient (Wildman–Crippen LogP) is 6.50. The van der Waals surface area contributed by atoms with Crippen LogP contribution in [0.25, 0.3) is 0 Å². The van der Waals surface area contributed by atoms with Crippen molar-refractivity contribution in [2.45, 2.75) is 61.6 Å². The van der Waals surface area contributed by atoms with E-state index < -0.39 is 17.3 Å². The van der Waals surface area contributed by atoms with Gasteiger partial charge in [-0.15, -0.1) is 12.6 Å². The van der Waals surface area contributed by atoms with Crippen molar-refractivity contribution < 1.29 is 17.9 Å². The highest BCUT2D eigenvalue weighted by Crippen LogP contribution is 2.48. The van der Waals surface area contributed by atoms with Gasteiger partial charge in [-0.3, -0.25) is 0 Å². The molecule has 0 radical (unpaired) electrons. The molecule has 2 nitrogen and oxygen atoms in total. The zero-order valence-electron chi connectivity index (χ0n) is 17.6. The van der Waals surface area contributed by atoms with Crippen LogP contribution < -0.4 is 4.74 Å². The normalized spacial score (nSPS) is 22.4. The van der Waals surface area contributed by atoms with Gasteiger partial charge in [-0.05, 0) is 94.6 Å². The Hall–Kier alpha value is -1.66. The van der Waals surface area contributed by atoms with Crippen LogP contribution in [0.4, 0.5) is 13.2 Å². The van der Waals surface area contributed by atoms with Gasteiger partial charge in [0, 0.05) is 16.4 Å². The van der Waals surface area contributed by atoms with E-state index in [1.54, 1.807) is 6.07 Å². The first-order valence-electron chi connectivity index (χ1n) is 10.4. The lowest BCUT2D eigenvalue weighted by atomic mass is 9.75. The summed E-state index contributed by atoms with van der Waals surface area (Å²) >= 11 is 4.44. The van der Waals surface area contributed by atoms with Crippen LogP contribution in [-0.2, 0) is 6.18 Å². The number of thiol groups is 1. The molecule has 0 aliphatic carbocycles. The Kier molecular flexibility index (Phi) is 5.60. The number of rotatable bonds is 2. The van der Waals surface area contributed by atoms with E-state index in [9.17, 15) is 13.2 Å². The van der Waals surface area contributed by atoms with E-state index >= 15 is 0 Å². The van der Waals surface area contributed by atoms with Gasteiger partial charge in [-0.2, -0.15) is 13.2 Å². The Labute approximate surface area is 181 Å². The number of halogens is 3. The zero-order valence-corrected chi connectivity index (χ0v) is 18.5. The maximum atomic E-state index is 13.5. The Bertz CT molecular complexity index is 933. The predicted molar refractivity (Wildman–Crippen MR) is 116 cm³/mol. The van der Waals surface area contributed by atoms with Crippen LogP contribution in [0.1, 0.15) is 67.2 Å². The van der Waals surface area contributed by atoms with Crippen molar-refractivity contribution in [3.8, 4) is 5.75 Å². The van der Waals surface area contributed by atoms with Crippen molar-refractivity contribution >= 4 is 12.6 Å². The lowest BCUT2D eigenvalue weighted by Gasteiger charge is -2.40. The number of nitrogens with zero attached hydrogens (tertiary/aromatic N) is 1. The third kappa shape index (κ3) is 4.35. The lowest BCUT2D eigenvalue weighted by Crippen LogP contribution is -2.36.